The van der Waals surface area contributed by atoms with Crippen molar-refractivity contribution in [1.82, 2.24) is 15.2 Å². The highest BCUT2D eigenvalue weighted by atomic mass is 16.5. The van der Waals surface area contributed by atoms with Crippen molar-refractivity contribution >= 4 is 6.03 Å². The quantitative estimate of drug-likeness (QED) is 0.785. The lowest BCUT2D eigenvalue weighted by molar-refractivity contribution is 0.202. The Morgan fingerprint density at radius 3 is 3.06 bits per heavy atom. The summed E-state index contributed by atoms with van der Waals surface area (Å²) in [7, 11) is 0. The molecule has 1 fully saturated rings. The van der Waals surface area contributed by atoms with Crippen molar-refractivity contribution in [2.75, 3.05) is 26.2 Å². The minimum Gasteiger partial charge on any atom is -0.490 e. The molecule has 2 rings (SSSR count). The van der Waals surface area contributed by atoms with Gasteiger partial charge in [-0.15, -0.1) is 0 Å². The molecule has 3 N–H and O–H groups in total. The van der Waals surface area contributed by atoms with E-state index in [4.69, 9.17) is 10.5 Å². The Labute approximate surface area is 106 Å². The molecule has 98 valence electrons. The predicted octanol–water partition coefficient (Wildman–Crippen LogP) is 0.253. The van der Waals surface area contributed by atoms with Crippen molar-refractivity contribution in [3.05, 3.63) is 23.5 Å². The van der Waals surface area contributed by atoms with Gasteiger partial charge in [0.05, 0.1) is 12.2 Å². The molecular weight excluding hydrogens is 232 g/mol. The fourth-order valence-electron chi connectivity index (χ4n) is 1.87. The zero-order valence-electron chi connectivity index (χ0n) is 10.5. The first kappa shape index (κ1) is 12.6. The summed E-state index contributed by atoms with van der Waals surface area (Å²) in [6.45, 7) is 4.73. The zero-order valence-corrected chi connectivity index (χ0v) is 10.5. The van der Waals surface area contributed by atoms with E-state index in [2.05, 4.69) is 10.3 Å². The standard InChI is InChI=1S/C12H18N4O2/c1-9-2-3-11(10(8-13)15-9)18-7-6-16-5-4-14-12(16)17/h2-3H,4-8,13H2,1H3,(H,14,17). The maximum atomic E-state index is 11.3. The fourth-order valence-corrected chi connectivity index (χ4v) is 1.87. The number of amides is 2. The van der Waals surface area contributed by atoms with Gasteiger partial charge in [0.1, 0.15) is 12.4 Å². The third kappa shape index (κ3) is 2.89. The summed E-state index contributed by atoms with van der Waals surface area (Å²) in [4.78, 5) is 17.4. The molecule has 1 aliphatic rings. The predicted molar refractivity (Wildman–Crippen MR) is 67.3 cm³/mol. The monoisotopic (exact) mass is 250 g/mol. The van der Waals surface area contributed by atoms with E-state index in [1.807, 2.05) is 19.1 Å². The highest BCUT2D eigenvalue weighted by Gasteiger charge is 2.18. The second-order valence-electron chi connectivity index (χ2n) is 4.17. The minimum atomic E-state index is -0.0281. The van der Waals surface area contributed by atoms with Crippen molar-refractivity contribution < 1.29 is 9.53 Å². The van der Waals surface area contributed by atoms with Gasteiger partial charge in [0.15, 0.2) is 0 Å². The topological polar surface area (TPSA) is 80.5 Å². The van der Waals surface area contributed by atoms with Crippen molar-refractivity contribution in [3.8, 4) is 5.75 Å². The SMILES string of the molecule is Cc1ccc(OCCN2CCNC2=O)c(CN)n1. The van der Waals surface area contributed by atoms with Gasteiger partial charge in [-0.05, 0) is 19.1 Å². The van der Waals surface area contributed by atoms with Gasteiger partial charge in [0.25, 0.3) is 0 Å². The van der Waals surface area contributed by atoms with E-state index in [0.717, 1.165) is 17.9 Å². The number of hydrogen-bond donors (Lipinski definition) is 2. The maximum Gasteiger partial charge on any atom is 0.317 e. The molecule has 0 unspecified atom stereocenters. The van der Waals surface area contributed by atoms with Crippen LogP contribution in [0.5, 0.6) is 5.75 Å². The van der Waals surface area contributed by atoms with Gasteiger partial charge >= 0.3 is 6.03 Å². The molecule has 1 aromatic heterocycles. The highest BCUT2D eigenvalue weighted by Crippen LogP contribution is 2.16. The van der Waals surface area contributed by atoms with Crippen LogP contribution in [-0.4, -0.2) is 42.2 Å². The maximum absolute atomic E-state index is 11.3. The van der Waals surface area contributed by atoms with Crippen molar-refractivity contribution in [2.24, 2.45) is 5.73 Å². The van der Waals surface area contributed by atoms with Crippen LogP contribution in [0.25, 0.3) is 0 Å². The number of nitrogens with one attached hydrogen (secondary N) is 1. The van der Waals surface area contributed by atoms with Crippen molar-refractivity contribution in [3.63, 3.8) is 0 Å². The lowest BCUT2D eigenvalue weighted by Gasteiger charge is -2.15. The van der Waals surface area contributed by atoms with Crippen LogP contribution in [0.2, 0.25) is 0 Å². The van der Waals surface area contributed by atoms with Gasteiger partial charge < -0.3 is 20.7 Å². The summed E-state index contributed by atoms with van der Waals surface area (Å²) < 4.78 is 5.63. The molecule has 6 heteroatoms. The third-order valence-corrected chi connectivity index (χ3v) is 2.83. The smallest absolute Gasteiger partial charge is 0.317 e. The fraction of sp³-hybridized carbons (Fsp3) is 0.500. The van der Waals surface area contributed by atoms with Crippen LogP contribution >= 0.6 is 0 Å². The number of urea groups is 1. The number of rotatable bonds is 5. The second kappa shape index (κ2) is 5.68. The van der Waals surface area contributed by atoms with Crippen LogP contribution in [0, 0.1) is 6.92 Å². The Kier molecular flexibility index (Phi) is 3.99. The second-order valence-corrected chi connectivity index (χ2v) is 4.17. The molecule has 0 radical (unpaired) electrons. The molecule has 0 atom stereocenters. The van der Waals surface area contributed by atoms with Crippen LogP contribution in [0.1, 0.15) is 11.4 Å². The Morgan fingerprint density at radius 2 is 2.39 bits per heavy atom. The van der Waals surface area contributed by atoms with Gasteiger partial charge in [-0.1, -0.05) is 0 Å². The van der Waals surface area contributed by atoms with E-state index in [1.165, 1.54) is 0 Å². The number of nitrogens with zero attached hydrogens (tertiary/aromatic N) is 2. The molecule has 0 bridgehead atoms. The van der Waals surface area contributed by atoms with E-state index in [0.29, 0.717) is 32.0 Å². The molecule has 1 aliphatic heterocycles. The van der Waals surface area contributed by atoms with Gasteiger partial charge in [0.2, 0.25) is 0 Å². The Hall–Kier alpha value is -1.82. The Bertz CT molecular complexity index is 436. The summed E-state index contributed by atoms with van der Waals surface area (Å²) in [5.41, 5.74) is 7.29. The van der Waals surface area contributed by atoms with E-state index in [1.54, 1.807) is 4.90 Å². The van der Waals surface area contributed by atoms with Crippen molar-refractivity contribution in [2.45, 2.75) is 13.5 Å². The van der Waals surface area contributed by atoms with Gasteiger partial charge in [0, 0.05) is 25.3 Å². The molecule has 6 nitrogen and oxygen atoms in total. The van der Waals surface area contributed by atoms with E-state index in [-0.39, 0.29) is 6.03 Å². The van der Waals surface area contributed by atoms with Gasteiger partial charge in [-0.3, -0.25) is 4.98 Å². The minimum absolute atomic E-state index is 0.0281. The summed E-state index contributed by atoms with van der Waals surface area (Å²) in [6, 6.07) is 3.73. The lowest BCUT2D eigenvalue weighted by Crippen LogP contribution is -2.32. The molecule has 1 aromatic rings. The Morgan fingerprint density at radius 1 is 1.56 bits per heavy atom. The van der Waals surface area contributed by atoms with Crippen molar-refractivity contribution in [1.29, 1.82) is 0 Å². The zero-order chi connectivity index (χ0) is 13.0. The first-order chi connectivity index (χ1) is 8.70. The molecular formula is C12H18N4O2. The molecule has 0 spiro atoms. The molecule has 0 saturated carbocycles. The van der Waals surface area contributed by atoms with Crippen LogP contribution in [-0.2, 0) is 6.54 Å². The normalized spacial score (nSPS) is 14.8. The molecule has 18 heavy (non-hydrogen) atoms. The molecule has 2 heterocycles. The summed E-state index contributed by atoms with van der Waals surface area (Å²) in [6.07, 6.45) is 0. The number of carbonyl (C=O) groups excluding carboxylic acids is 1. The molecule has 0 aromatic carbocycles. The first-order valence-electron chi connectivity index (χ1n) is 6.03. The number of ether oxygens (including phenoxy) is 1. The molecule has 2 amide bonds. The average molecular weight is 250 g/mol. The van der Waals surface area contributed by atoms with Gasteiger partial charge in [-0.25, -0.2) is 4.79 Å². The molecule has 0 aliphatic carbocycles. The lowest BCUT2D eigenvalue weighted by atomic mass is 10.3. The van der Waals surface area contributed by atoms with E-state index in [9.17, 15) is 4.79 Å². The van der Waals surface area contributed by atoms with Crippen LogP contribution in [0.4, 0.5) is 4.79 Å². The number of carbonyl (C=O) groups is 1. The summed E-state index contributed by atoms with van der Waals surface area (Å²) in [5.74, 6) is 0.697. The third-order valence-electron chi connectivity index (χ3n) is 2.83. The van der Waals surface area contributed by atoms with Crippen LogP contribution < -0.4 is 15.8 Å². The van der Waals surface area contributed by atoms with Gasteiger partial charge in [-0.2, -0.15) is 0 Å². The summed E-state index contributed by atoms with van der Waals surface area (Å²) in [5, 5.41) is 2.75. The first-order valence-corrected chi connectivity index (χ1v) is 6.03. The highest BCUT2D eigenvalue weighted by molar-refractivity contribution is 5.76. The Balaban J connectivity index is 1.88. The number of hydrogen-bond acceptors (Lipinski definition) is 4. The van der Waals surface area contributed by atoms with Crippen LogP contribution in [0.3, 0.4) is 0 Å². The number of aromatic nitrogens is 1. The van der Waals surface area contributed by atoms with E-state index < -0.39 is 0 Å². The summed E-state index contributed by atoms with van der Waals surface area (Å²) >= 11 is 0. The van der Waals surface area contributed by atoms with E-state index >= 15 is 0 Å². The number of aryl methyl sites for hydroxylation is 1. The molecule has 1 saturated heterocycles. The average Bonchev–Trinajstić information content (AvgIpc) is 2.77. The number of nitrogens with two attached hydrogens (primary N) is 1. The largest absolute Gasteiger partial charge is 0.490 e. The number of pyridine rings is 1. The van der Waals surface area contributed by atoms with Crippen LogP contribution in [0.15, 0.2) is 12.1 Å².